The highest BCUT2D eigenvalue weighted by Gasteiger charge is 2.09. The molecule has 1 aromatic heterocycles. The van der Waals surface area contributed by atoms with Crippen molar-refractivity contribution in [2.75, 3.05) is 5.32 Å². The van der Waals surface area contributed by atoms with Gasteiger partial charge in [-0.15, -0.1) is 0 Å². The van der Waals surface area contributed by atoms with E-state index in [1.54, 1.807) is 13.1 Å². The Morgan fingerprint density at radius 1 is 1.22 bits per heavy atom. The number of hydrogen-bond donors (Lipinski definition) is 2. The van der Waals surface area contributed by atoms with Gasteiger partial charge in [0, 0.05) is 17.4 Å². The van der Waals surface area contributed by atoms with Crippen LogP contribution in [0.5, 0.6) is 0 Å². The normalized spacial score (nSPS) is 11.8. The molecule has 2 rings (SSSR count). The molecular weight excluding hydrogens is 228 g/mol. The van der Waals surface area contributed by atoms with E-state index in [1.165, 1.54) is 0 Å². The number of carboxylic acid groups (broad SMARTS) is 1. The van der Waals surface area contributed by atoms with Gasteiger partial charge in [0.1, 0.15) is 6.04 Å². The first-order chi connectivity index (χ1) is 8.66. The van der Waals surface area contributed by atoms with Crippen molar-refractivity contribution >= 4 is 11.7 Å². The molecule has 1 aromatic carbocycles. The summed E-state index contributed by atoms with van der Waals surface area (Å²) in [7, 11) is 0. The molecule has 0 radical (unpaired) electrons. The first-order valence-corrected chi connectivity index (χ1v) is 5.67. The zero-order chi connectivity index (χ0) is 13.0. The lowest BCUT2D eigenvalue weighted by atomic mass is 10.1. The molecule has 0 fully saturated rings. The molecule has 0 aliphatic carbocycles. The lowest BCUT2D eigenvalue weighted by molar-refractivity contribution is -0.137. The number of rotatable bonds is 4. The number of aliphatic carboxylic acids is 1. The number of hydrogen-bond acceptors (Lipinski definition) is 3. The minimum absolute atomic E-state index is 0.606. The number of carbonyl (C=O) groups is 1. The van der Waals surface area contributed by atoms with Crippen LogP contribution in [-0.2, 0) is 4.79 Å². The lowest BCUT2D eigenvalue weighted by Gasteiger charge is -2.11. The molecule has 0 saturated heterocycles. The van der Waals surface area contributed by atoms with Gasteiger partial charge in [-0.25, -0.2) is 0 Å². The summed E-state index contributed by atoms with van der Waals surface area (Å²) >= 11 is 0. The van der Waals surface area contributed by atoms with Crippen LogP contribution in [0.1, 0.15) is 6.92 Å². The van der Waals surface area contributed by atoms with Crippen molar-refractivity contribution in [3.8, 4) is 11.3 Å². The van der Waals surface area contributed by atoms with Crippen molar-refractivity contribution in [2.45, 2.75) is 13.0 Å². The maximum Gasteiger partial charge on any atom is 0.325 e. The maximum absolute atomic E-state index is 10.7. The largest absolute Gasteiger partial charge is 0.480 e. The van der Waals surface area contributed by atoms with E-state index in [4.69, 9.17) is 5.11 Å². The minimum atomic E-state index is -0.871. The summed E-state index contributed by atoms with van der Waals surface area (Å²) in [6.07, 6.45) is 1.74. The minimum Gasteiger partial charge on any atom is -0.480 e. The average molecular weight is 242 g/mol. The Kier molecular flexibility index (Phi) is 3.57. The summed E-state index contributed by atoms with van der Waals surface area (Å²) in [5, 5.41) is 11.7. The van der Waals surface area contributed by atoms with Crippen LogP contribution in [0.3, 0.4) is 0 Å². The van der Waals surface area contributed by atoms with E-state index in [2.05, 4.69) is 10.3 Å². The number of carboxylic acids is 1. The second kappa shape index (κ2) is 5.31. The van der Waals surface area contributed by atoms with Crippen molar-refractivity contribution in [3.63, 3.8) is 0 Å². The fourth-order valence-corrected chi connectivity index (χ4v) is 1.58. The van der Waals surface area contributed by atoms with Crippen molar-refractivity contribution < 1.29 is 9.90 Å². The van der Waals surface area contributed by atoms with Crippen molar-refractivity contribution in [1.82, 2.24) is 4.98 Å². The van der Waals surface area contributed by atoms with Gasteiger partial charge in [-0.1, -0.05) is 18.2 Å². The third-order valence-electron chi connectivity index (χ3n) is 2.60. The van der Waals surface area contributed by atoms with Gasteiger partial charge in [-0.05, 0) is 31.2 Å². The predicted molar refractivity (Wildman–Crippen MR) is 70.4 cm³/mol. The molecule has 0 bridgehead atoms. The van der Waals surface area contributed by atoms with Crippen LogP contribution in [0.2, 0.25) is 0 Å². The molecule has 0 unspecified atom stereocenters. The molecule has 92 valence electrons. The monoisotopic (exact) mass is 242 g/mol. The molecule has 2 aromatic rings. The predicted octanol–water partition coefficient (Wildman–Crippen LogP) is 2.63. The molecule has 18 heavy (non-hydrogen) atoms. The molecule has 0 amide bonds. The van der Waals surface area contributed by atoms with Gasteiger partial charge in [-0.2, -0.15) is 0 Å². The zero-order valence-corrected chi connectivity index (χ0v) is 10.00. The number of nitrogens with zero attached hydrogens (tertiary/aromatic N) is 1. The Labute approximate surface area is 105 Å². The molecule has 0 aliphatic rings. The maximum atomic E-state index is 10.7. The number of pyridine rings is 1. The highest BCUT2D eigenvalue weighted by molar-refractivity contribution is 5.77. The molecule has 4 nitrogen and oxygen atoms in total. The van der Waals surface area contributed by atoms with Gasteiger partial charge < -0.3 is 10.4 Å². The molecule has 0 aliphatic heterocycles. The van der Waals surface area contributed by atoms with Crippen LogP contribution >= 0.6 is 0 Å². The molecule has 2 N–H and O–H groups in total. The Balaban J connectivity index is 2.13. The molecule has 0 saturated carbocycles. The highest BCUT2D eigenvalue weighted by Crippen LogP contribution is 2.19. The Bertz CT molecular complexity index is 523. The molecular formula is C14H14N2O2. The first-order valence-electron chi connectivity index (χ1n) is 5.67. The summed E-state index contributed by atoms with van der Waals surface area (Å²) in [6.45, 7) is 1.61. The van der Waals surface area contributed by atoms with Crippen LogP contribution < -0.4 is 5.32 Å². The van der Waals surface area contributed by atoms with E-state index in [0.717, 1.165) is 16.9 Å². The molecule has 0 spiro atoms. The molecule has 4 heteroatoms. The fraction of sp³-hybridized carbons (Fsp3) is 0.143. The van der Waals surface area contributed by atoms with Crippen molar-refractivity contribution in [3.05, 3.63) is 48.7 Å². The highest BCUT2D eigenvalue weighted by atomic mass is 16.4. The fourth-order valence-electron chi connectivity index (χ4n) is 1.58. The summed E-state index contributed by atoms with van der Waals surface area (Å²) in [5.74, 6) is -0.871. The van der Waals surface area contributed by atoms with Gasteiger partial charge in [0.25, 0.3) is 0 Å². The number of benzene rings is 1. The third kappa shape index (κ3) is 2.85. The molecule has 1 atom stereocenters. The van der Waals surface area contributed by atoms with E-state index in [-0.39, 0.29) is 0 Å². The Morgan fingerprint density at radius 3 is 2.50 bits per heavy atom. The second-order valence-electron chi connectivity index (χ2n) is 4.00. The molecule has 1 heterocycles. The Hall–Kier alpha value is -2.36. The van der Waals surface area contributed by atoms with Crippen LogP contribution in [0.4, 0.5) is 5.69 Å². The number of aromatic nitrogens is 1. The van der Waals surface area contributed by atoms with Crippen molar-refractivity contribution in [1.29, 1.82) is 0 Å². The topological polar surface area (TPSA) is 62.2 Å². The van der Waals surface area contributed by atoms with Gasteiger partial charge in [-0.3, -0.25) is 9.78 Å². The van der Waals surface area contributed by atoms with E-state index in [0.29, 0.717) is 0 Å². The van der Waals surface area contributed by atoms with E-state index < -0.39 is 12.0 Å². The first kappa shape index (κ1) is 12.1. The quantitative estimate of drug-likeness (QED) is 0.865. The summed E-state index contributed by atoms with van der Waals surface area (Å²) < 4.78 is 0. The van der Waals surface area contributed by atoms with E-state index >= 15 is 0 Å². The SMILES string of the molecule is C[C@H](Nc1ccc(-c2ccccn2)cc1)C(=O)O. The number of nitrogens with one attached hydrogen (secondary N) is 1. The van der Waals surface area contributed by atoms with Crippen LogP contribution in [0.25, 0.3) is 11.3 Å². The second-order valence-corrected chi connectivity index (χ2v) is 4.00. The van der Waals surface area contributed by atoms with Gasteiger partial charge in [0.05, 0.1) is 5.69 Å². The summed E-state index contributed by atoms with van der Waals surface area (Å²) in [5.41, 5.74) is 2.68. The van der Waals surface area contributed by atoms with Crippen LogP contribution in [-0.4, -0.2) is 22.1 Å². The van der Waals surface area contributed by atoms with Gasteiger partial charge in [0.15, 0.2) is 0 Å². The van der Waals surface area contributed by atoms with Gasteiger partial charge >= 0.3 is 5.97 Å². The van der Waals surface area contributed by atoms with Crippen LogP contribution in [0.15, 0.2) is 48.7 Å². The third-order valence-corrected chi connectivity index (χ3v) is 2.60. The van der Waals surface area contributed by atoms with Crippen LogP contribution in [0, 0.1) is 0 Å². The lowest BCUT2D eigenvalue weighted by Crippen LogP contribution is -2.25. The van der Waals surface area contributed by atoms with E-state index in [9.17, 15) is 4.79 Å². The standard InChI is InChI=1S/C14H14N2O2/c1-10(14(17)18)16-12-7-5-11(6-8-12)13-4-2-3-9-15-13/h2-10,16H,1H3,(H,17,18)/t10-/m0/s1. The zero-order valence-electron chi connectivity index (χ0n) is 10.00. The average Bonchev–Trinajstić information content (AvgIpc) is 2.40. The van der Waals surface area contributed by atoms with Crippen molar-refractivity contribution in [2.24, 2.45) is 0 Å². The van der Waals surface area contributed by atoms with E-state index in [1.807, 2.05) is 42.5 Å². The van der Waals surface area contributed by atoms with Gasteiger partial charge in [0.2, 0.25) is 0 Å². The smallest absolute Gasteiger partial charge is 0.325 e. The summed E-state index contributed by atoms with van der Waals surface area (Å²) in [4.78, 5) is 15.0. The summed E-state index contributed by atoms with van der Waals surface area (Å²) in [6, 6.07) is 12.7. The number of anilines is 1. The Morgan fingerprint density at radius 2 is 1.94 bits per heavy atom.